The molecule has 2 aromatic rings. The van der Waals surface area contributed by atoms with Crippen molar-refractivity contribution in [2.24, 2.45) is 0 Å². The van der Waals surface area contributed by atoms with E-state index in [0.717, 1.165) is 11.4 Å². The molecule has 0 bridgehead atoms. The van der Waals surface area contributed by atoms with E-state index < -0.39 is 0 Å². The standard InChI is InChI=1S/C13H11BrFNO/c1-8-5-11(17)6-9(2)16(8)10-3-4-12(14)13(15)7-10/h3-7H,1-2H3. The summed E-state index contributed by atoms with van der Waals surface area (Å²) in [7, 11) is 0. The quantitative estimate of drug-likeness (QED) is 0.791. The van der Waals surface area contributed by atoms with Crippen LogP contribution in [0.15, 0.2) is 39.6 Å². The highest BCUT2D eigenvalue weighted by Gasteiger charge is 2.06. The van der Waals surface area contributed by atoms with Crippen molar-refractivity contribution in [1.29, 1.82) is 0 Å². The number of aromatic nitrogens is 1. The number of nitrogens with zero attached hydrogens (tertiary/aromatic N) is 1. The summed E-state index contributed by atoms with van der Waals surface area (Å²) in [6.45, 7) is 3.66. The summed E-state index contributed by atoms with van der Waals surface area (Å²) in [4.78, 5) is 11.3. The van der Waals surface area contributed by atoms with Crippen LogP contribution in [0.1, 0.15) is 11.4 Å². The lowest BCUT2D eigenvalue weighted by atomic mass is 10.2. The maximum absolute atomic E-state index is 13.5. The van der Waals surface area contributed by atoms with Crippen LogP contribution in [0.25, 0.3) is 5.69 Å². The molecule has 0 fully saturated rings. The van der Waals surface area contributed by atoms with Gasteiger partial charge in [0.2, 0.25) is 0 Å². The average molecular weight is 296 g/mol. The Morgan fingerprint density at radius 2 is 1.71 bits per heavy atom. The van der Waals surface area contributed by atoms with Crippen molar-refractivity contribution in [2.45, 2.75) is 13.8 Å². The van der Waals surface area contributed by atoms with E-state index in [1.165, 1.54) is 18.2 Å². The van der Waals surface area contributed by atoms with Gasteiger partial charge in [-0.15, -0.1) is 0 Å². The van der Waals surface area contributed by atoms with Gasteiger partial charge in [0.1, 0.15) is 5.82 Å². The first kappa shape index (κ1) is 12.0. The molecule has 0 unspecified atom stereocenters. The Kier molecular flexibility index (Phi) is 3.15. The van der Waals surface area contributed by atoms with E-state index in [1.807, 2.05) is 18.4 Å². The van der Waals surface area contributed by atoms with Crippen molar-refractivity contribution in [2.75, 3.05) is 0 Å². The van der Waals surface area contributed by atoms with E-state index in [2.05, 4.69) is 15.9 Å². The van der Waals surface area contributed by atoms with Gasteiger partial charge in [0, 0.05) is 29.2 Å². The average Bonchev–Trinajstić information content (AvgIpc) is 2.21. The van der Waals surface area contributed by atoms with Crippen LogP contribution in [-0.2, 0) is 0 Å². The van der Waals surface area contributed by atoms with Gasteiger partial charge in [0.15, 0.2) is 5.43 Å². The van der Waals surface area contributed by atoms with Crippen molar-refractivity contribution in [3.05, 3.63) is 62.2 Å². The van der Waals surface area contributed by atoms with Crippen LogP contribution in [0, 0.1) is 19.7 Å². The highest BCUT2D eigenvalue weighted by atomic mass is 79.9. The van der Waals surface area contributed by atoms with Crippen molar-refractivity contribution < 1.29 is 4.39 Å². The zero-order valence-corrected chi connectivity index (χ0v) is 11.1. The zero-order valence-electron chi connectivity index (χ0n) is 9.50. The molecule has 0 aliphatic heterocycles. The lowest BCUT2D eigenvalue weighted by Crippen LogP contribution is -2.11. The second-order valence-corrected chi connectivity index (χ2v) is 4.76. The van der Waals surface area contributed by atoms with Crippen LogP contribution < -0.4 is 5.43 Å². The lowest BCUT2D eigenvalue weighted by Gasteiger charge is -2.14. The Labute approximate surface area is 107 Å². The van der Waals surface area contributed by atoms with Gasteiger partial charge in [-0.25, -0.2) is 4.39 Å². The summed E-state index contributed by atoms with van der Waals surface area (Å²) in [5.74, 6) is -0.319. The SMILES string of the molecule is Cc1cc(=O)cc(C)n1-c1ccc(Br)c(F)c1. The molecule has 1 heterocycles. The topological polar surface area (TPSA) is 22.0 Å². The first-order chi connectivity index (χ1) is 7.99. The third-order valence-corrected chi connectivity index (χ3v) is 3.21. The molecule has 17 heavy (non-hydrogen) atoms. The largest absolute Gasteiger partial charge is 0.318 e. The van der Waals surface area contributed by atoms with Crippen molar-refractivity contribution in [1.82, 2.24) is 4.57 Å². The molecule has 0 aliphatic rings. The maximum Gasteiger partial charge on any atom is 0.182 e. The molecule has 88 valence electrons. The summed E-state index contributed by atoms with van der Waals surface area (Å²) in [5, 5.41) is 0. The van der Waals surface area contributed by atoms with E-state index in [4.69, 9.17) is 0 Å². The number of aryl methyl sites for hydroxylation is 2. The molecule has 0 amide bonds. The summed E-state index contributed by atoms with van der Waals surface area (Å²) in [6, 6.07) is 7.97. The monoisotopic (exact) mass is 295 g/mol. The Hall–Kier alpha value is -1.42. The third-order valence-electron chi connectivity index (χ3n) is 2.57. The van der Waals surface area contributed by atoms with E-state index in [0.29, 0.717) is 10.2 Å². The highest BCUT2D eigenvalue weighted by Crippen LogP contribution is 2.20. The Morgan fingerprint density at radius 3 is 2.24 bits per heavy atom. The van der Waals surface area contributed by atoms with Gasteiger partial charge in [0.25, 0.3) is 0 Å². The van der Waals surface area contributed by atoms with Crippen LogP contribution in [0.5, 0.6) is 0 Å². The van der Waals surface area contributed by atoms with Gasteiger partial charge >= 0.3 is 0 Å². The summed E-state index contributed by atoms with van der Waals surface area (Å²) < 4.78 is 15.8. The number of pyridine rings is 1. The van der Waals surface area contributed by atoms with Crippen molar-refractivity contribution in [3.8, 4) is 5.69 Å². The predicted molar refractivity (Wildman–Crippen MR) is 69.2 cm³/mol. The second-order valence-electron chi connectivity index (χ2n) is 3.91. The number of halogens is 2. The Bertz CT molecular complexity index is 608. The number of rotatable bonds is 1. The molecule has 1 aromatic carbocycles. The molecule has 2 rings (SSSR count). The van der Waals surface area contributed by atoms with E-state index in [-0.39, 0.29) is 11.2 Å². The number of hydrogen-bond donors (Lipinski definition) is 0. The Morgan fingerprint density at radius 1 is 1.12 bits per heavy atom. The molecular weight excluding hydrogens is 285 g/mol. The van der Waals surface area contributed by atoms with Gasteiger partial charge in [-0.1, -0.05) is 0 Å². The molecule has 0 saturated carbocycles. The molecule has 0 aliphatic carbocycles. The van der Waals surface area contributed by atoms with Gasteiger partial charge in [-0.2, -0.15) is 0 Å². The zero-order chi connectivity index (χ0) is 12.6. The van der Waals surface area contributed by atoms with E-state index in [1.54, 1.807) is 12.1 Å². The van der Waals surface area contributed by atoms with Crippen molar-refractivity contribution in [3.63, 3.8) is 0 Å². The minimum Gasteiger partial charge on any atom is -0.318 e. The predicted octanol–water partition coefficient (Wildman–Crippen LogP) is 3.36. The van der Waals surface area contributed by atoms with Gasteiger partial charge in [-0.3, -0.25) is 4.79 Å². The summed E-state index contributed by atoms with van der Waals surface area (Å²) in [6.07, 6.45) is 0. The van der Waals surface area contributed by atoms with Crippen LogP contribution in [0.2, 0.25) is 0 Å². The molecule has 0 spiro atoms. The minimum atomic E-state index is -0.319. The smallest absolute Gasteiger partial charge is 0.182 e. The molecule has 4 heteroatoms. The molecule has 2 nitrogen and oxygen atoms in total. The van der Waals surface area contributed by atoms with Gasteiger partial charge in [0.05, 0.1) is 4.47 Å². The Balaban J connectivity index is 2.68. The first-order valence-corrected chi connectivity index (χ1v) is 5.94. The van der Waals surface area contributed by atoms with Gasteiger partial charge < -0.3 is 4.57 Å². The highest BCUT2D eigenvalue weighted by molar-refractivity contribution is 9.10. The maximum atomic E-state index is 13.5. The van der Waals surface area contributed by atoms with E-state index in [9.17, 15) is 9.18 Å². The normalized spacial score (nSPS) is 10.6. The van der Waals surface area contributed by atoms with Crippen LogP contribution >= 0.6 is 15.9 Å². The first-order valence-electron chi connectivity index (χ1n) is 5.15. The molecule has 0 N–H and O–H groups in total. The van der Waals surface area contributed by atoms with Gasteiger partial charge in [-0.05, 0) is 48.0 Å². The fourth-order valence-electron chi connectivity index (χ4n) is 1.89. The molecule has 1 aromatic heterocycles. The number of hydrogen-bond acceptors (Lipinski definition) is 1. The second kappa shape index (κ2) is 4.45. The molecule has 0 atom stereocenters. The fraction of sp³-hybridized carbons (Fsp3) is 0.154. The lowest BCUT2D eigenvalue weighted by molar-refractivity contribution is 0.619. The fourth-order valence-corrected chi connectivity index (χ4v) is 2.14. The van der Waals surface area contributed by atoms with Crippen LogP contribution in [-0.4, -0.2) is 4.57 Å². The van der Waals surface area contributed by atoms with E-state index >= 15 is 0 Å². The molecule has 0 saturated heterocycles. The minimum absolute atomic E-state index is 0.0335. The van der Waals surface area contributed by atoms with Crippen LogP contribution in [0.4, 0.5) is 4.39 Å². The molecular formula is C13H11BrFNO. The number of benzene rings is 1. The van der Waals surface area contributed by atoms with Crippen LogP contribution in [0.3, 0.4) is 0 Å². The third kappa shape index (κ3) is 2.31. The summed E-state index contributed by atoms with van der Waals surface area (Å²) in [5.41, 5.74) is 2.25. The van der Waals surface area contributed by atoms with Crippen molar-refractivity contribution >= 4 is 15.9 Å². The molecule has 0 radical (unpaired) electrons. The summed E-state index contributed by atoms with van der Waals surface area (Å²) >= 11 is 3.12.